The van der Waals surface area contributed by atoms with Crippen molar-refractivity contribution >= 4 is 15.8 Å². The van der Waals surface area contributed by atoms with Crippen molar-refractivity contribution in [3.05, 3.63) is 0 Å². The molecule has 0 saturated carbocycles. The van der Waals surface area contributed by atoms with E-state index in [2.05, 4.69) is 15.7 Å². The molecular weight excluding hydrogens is 256 g/mol. The highest BCUT2D eigenvalue weighted by Gasteiger charge is 2.38. The van der Waals surface area contributed by atoms with Gasteiger partial charge in [0, 0.05) is 7.11 Å². The second kappa shape index (κ2) is 5.85. The minimum absolute atomic E-state index is 0.0600. The van der Waals surface area contributed by atoms with Crippen molar-refractivity contribution in [2.24, 2.45) is 10.8 Å². The number of sulfone groups is 1. The molecule has 0 aromatic carbocycles. The Hall–Kier alpha value is -0.860. The van der Waals surface area contributed by atoms with Gasteiger partial charge in [-0.15, -0.1) is 0 Å². The van der Waals surface area contributed by atoms with Crippen molar-refractivity contribution in [1.29, 1.82) is 0 Å². The van der Waals surface area contributed by atoms with Crippen LogP contribution in [0.2, 0.25) is 0 Å². The molecule has 106 valence electrons. The van der Waals surface area contributed by atoms with Gasteiger partial charge in [-0.25, -0.2) is 19.3 Å². The summed E-state index contributed by atoms with van der Waals surface area (Å²) in [5.74, 6) is 6.07. The van der Waals surface area contributed by atoms with E-state index in [4.69, 9.17) is 10.6 Å². The lowest BCUT2D eigenvalue weighted by Gasteiger charge is -2.26. The molecule has 0 aliphatic carbocycles. The first kappa shape index (κ1) is 15.2. The highest BCUT2D eigenvalue weighted by atomic mass is 32.2. The van der Waals surface area contributed by atoms with Crippen molar-refractivity contribution in [3.63, 3.8) is 0 Å². The molecular formula is C10H22N4O3S. The quantitative estimate of drug-likeness (QED) is 0.264. The van der Waals surface area contributed by atoms with Gasteiger partial charge in [0.25, 0.3) is 0 Å². The number of methoxy groups -OCH3 is 1. The van der Waals surface area contributed by atoms with Crippen molar-refractivity contribution in [2.45, 2.75) is 31.8 Å². The average Bonchev–Trinajstić information content (AvgIpc) is 2.52. The molecule has 2 atom stereocenters. The van der Waals surface area contributed by atoms with E-state index in [1.54, 1.807) is 7.11 Å². The van der Waals surface area contributed by atoms with Crippen LogP contribution in [0.15, 0.2) is 4.99 Å². The number of nitrogens with one attached hydrogen (secondary N) is 2. The van der Waals surface area contributed by atoms with E-state index in [0.717, 1.165) is 0 Å². The van der Waals surface area contributed by atoms with E-state index in [-0.39, 0.29) is 17.5 Å². The maximum atomic E-state index is 11.5. The van der Waals surface area contributed by atoms with Crippen LogP contribution < -0.4 is 16.6 Å². The Labute approximate surface area is 108 Å². The number of hydrogen-bond donors (Lipinski definition) is 3. The van der Waals surface area contributed by atoms with Crippen LogP contribution in [0.4, 0.5) is 0 Å². The Balaban J connectivity index is 2.69. The highest BCUT2D eigenvalue weighted by molar-refractivity contribution is 7.91. The first-order valence-electron chi connectivity index (χ1n) is 5.82. The first-order valence-corrected chi connectivity index (χ1v) is 7.64. The number of ether oxygens (including phenoxy) is 1. The van der Waals surface area contributed by atoms with Gasteiger partial charge in [-0.05, 0) is 20.3 Å². The summed E-state index contributed by atoms with van der Waals surface area (Å²) in [6.07, 6.45) is 0.550. The zero-order chi connectivity index (χ0) is 13.8. The third kappa shape index (κ3) is 4.43. The molecule has 4 N–H and O–H groups in total. The minimum Gasteiger partial charge on any atom is -0.382 e. The summed E-state index contributed by atoms with van der Waals surface area (Å²) in [6.45, 7) is 4.21. The molecule has 8 heteroatoms. The lowest BCUT2D eigenvalue weighted by atomic mass is 10.0. The molecule has 0 aromatic rings. The number of aliphatic imine (C=N–C) groups is 1. The normalized spacial score (nSPS) is 29.0. The van der Waals surface area contributed by atoms with Gasteiger partial charge in [0.1, 0.15) is 0 Å². The number of guanidine groups is 1. The molecule has 0 radical (unpaired) electrons. The van der Waals surface area contributed by atoms with Crippen molar-refractivity contribution in [3.8, 4) is 0 Å². The van der Waals surface area contributed by atoms with Crippen LogP contribution in [-0.4, -0.2) is 51.2 Å². The summed E-state index contributed by atoms with van der Waals surface area (Å²) in [4.78, 5) is 4.29. The van der Waals surface area contributed by atoms with Gasteiger partial charge in [-0.1, -0.05) is 0 Å². The van der Waals surface area contributed by atoms with E-state index in [9.17, 15) is 8.42 Å². The second-order valence-corrected chi connectivity index (χ2v) is 7.14. The van der Waals surface area contributed by atoms with Crippen LogP contribution in [0.1, 0.15) is 20.3 Å². The molecule has 0 aromatic heterocycles. The van der Waals surface area contributed by atoms with Gasteiger partial charge in [0.05, 0.1) is 29.7 Å². The Morgan fingerprint density at radius 1 is 1.61 bits per heavy atom. The van der Waals surface area contributed by atoms with Crippen LogP contribution in [-0.2, 0) is 14.6 Å². The van der Waals surface area contributed by atoms with Crippen LogP contribution in [0.25, 0.3) is 0 Å². The van der Waals surface area contributed by atoms with E-state index >= 15 is 0 Å². The minimum atomic E-state index is -2.96. The smallest absolute Gasteiger partial charge is 0.206 e. The van der Waals surface area contributed by atoms with E-state index in [0.29, 0.717) is 19.0 Å². The summed E-state index contributed by atoms with van der Waals surface area (Å²) < 4.78 is 28.0. The summed E-state index contributed by atoms with van der Waals surface area (Å²) in [5, 5.41) is 3.07. The molecule has 0 amide bonds. The van der Waals surface area contributed by atoms with Gasteiger partial charge in [0.2, 0.25) is 5.96 Å². The molecule has 0 bridgehead atoms. The fourth-order valence-corrected chi connectivity index (χ4v) is 4.09. The van der Waals surface area contributed by atoms with Crippen LogP contribution in [0.3, 0.4) is 0 Å². The Kier molecular flexibility index (Phi) is 4.94. The number of rotatable bonds is 4. The van der Waals surface area contributed by atoms with Gasteiger partial charge in [0.15, 0.2) is 9.84 Å². The van der Waals surface area contributed by atoms with Crippen LogP contribution in [0.5, 0.6) is 0 Å². The molecule has 2 unspecified atom stereocenters. The number of nitrogens with zero attached hydrogens (tertiary/aromatic N) is 1. The topological polar surface area (TPSA) is 106 Å². The molecule has 1 aliphatic rings. The number of hydrogen-bond acceptors (Lipinski definition) is 5. The van der Waals surface area contributed by atoms with E-state index in [1.807, 2.05) is 13.8 Å². The molecule has 18 heavy (non-hydrogen) atoms. The summed E-state index contributed by atoms with van der Waals surface area (Å²) in [5.41, 5.74) is 1.94. The summed E-state index contributed by atoms with van der Waals surface area (Å²) >= 11 is 0. The monoisotopic (exact) mass is 278 g/mol. The van der Waals surface area contributed by atoms with E-state index in [1.165, 1.54) is 0 Å². The van der Waals surface area contributed by atoms with Crippen molar-refractivity contribution < 1.29 is 13.2 Å². The van der Waals surface area contributed by atoms with Crippen molar-refractivity contribution in [1.82, 2.24) is 10.7 Å². The van der Waals surface area contributed by atoms with Gasteiger partial charge in [-0.2, -0.15) is 0 Å². The lowest BCUT2D eigenvalue weighted by Crippen LogP contribution is -2.54. The molecule has 1 saturated heterocycles. The zero-order valence-electron chi connectivity index (χ0n) is 11.1. The summed E-state index contributed by atoms with van der Waals surface area (Å²) in [6, 6.07) is -0.0600. The Morgan fingerprint density at radius 3 is 2.72 bits per heavy atom. The Morgan fingerprint density at radius 2 is 2.28 bits per heavy atom. The third-order valence-electron chi connectivity index (χ3n) is 2.82. The van der Waals surface area contributed by atoms with E-state index < -0.39 is 15.4 Å². The maximum absolute atomic E-state index is 11.5. The number of nitrogens with two attached hydrogens (primary N) is 1. The highest BCUT2D eigenvalue weighted by Crippen LogP contribution is 2.22. The van der Waals surface area contributed by atoms with Gasteiger partial charge in [-0.3, -0.25) is 5.43 Å². The van der Waals surface area contributed by atoms with Crippen LogP contribution in [0, 0.1) is 0 Å². The first-order chi connectivity index (χ1) is 8.30. The fourth-order valence-electron chi connectivity index (χ4n) is 2.00. The Bertz CT molecular complexity index is 409. The van der Waals surface area contributed by atoms with Crippen molar-refractivity contribution in [2.75, 3.05) is 25.2 Å². The molecule has 1 heterocycles. The molecule has 1 fully saturated rings. The molecule has 1 rings (SSSR count). The maximum Gasteiger partial charge on any atom is 0.206 e. The predicted octanol–water partition coefficient (Wildman–Crippen LogP) is -0.993. The second-order valence-electron chi connectivity index (χ2n) is 4.95. The van der Waals surface area contributed by atoms with Crippen LogP contribution >= 0.6 is 0 Å². The molecule has 1 aliphatic heterocycles. The zero-order valence-corrected chi connectivity index (χ0v) is 11.9. The van der Waals surface area contributed by atoms with Gasteiger partial charge >= 0.3 is 0 Å². The standard InChI is InChI=1S/C10H22N4O3S/c1-8(6-17-3)12-9(14-11)13-10(2)4-5-18(15,16)7-10/h8H,4-7,11H2,1-3H3,(H2,12,13,14). The SMILES string of the molecule is COCC(C)N=C(NN)NC1(C)CCS(=O)(=O)C1. The fraction of sp³-hybridized carbons (Fsp3) is 0.900. The predicted molar refractivity (Wildman–Crippen MR) is 70.9 cm³/mol. The largest absolute Gasteiger partial charge is 0.382 e. The summed E-state index contributed by atoms with van der Waals surface area (Å²) in [7, 11) is -1.36. The van der Waals surface area contributed by atoms with Gasteiger partial charge < -0.3 is 10.1 Å². The molecule has 0 spiro atoms. The third-order valence-corrected chi connectivity index (χ3v) is 4.72. The molecule has 7 nitrogen and oxygen atoms in total. The lowest BCUT2D eigenvalue weighted by molar-refractivity contribution is 0.185. The average molecular weight is 278 g/mol. The number of hydrazine groups is 1.